The van der Waals surface area contributed by atoms with E-state index in [-0.39, 0.29) is 0 Å². The fourth-order valence-electron chi connectivity index (χ4n) is 3.50. The number of rotatable bonds is 4. The molecule has 1 aliphatic heterocycles. The zero-order valence-electron chi connectivity index (χ0n) is 12.2. The summed E-state index contributed by atoms with van der Waals surface area (Å²) in [6.45, 7) is 8.38. The van der Waals surface area contributed by atoms with Crippen molar-refractivity contribution in [3.05, 3.63) is 35.9 Å². The van der Waals surface area contributed by atoms with E-state index in [1.54, 1.807) is 0 Å². The molecule has 2 aliphatic rings. The minimum Gasteiger partial charge on any atom is -0.311 e. The zero-order chi connectivity index (χ0) is 13.2. The first-order valence-electron chi connectivity index (χ1n) is 7.74. The van der Waals surface area contributed by atoms with Crippen molar-refractivity contribution in [1.82, 2.24) is 10.2 Å². The smallest absolute Gasteiger partial charge is 0.0233 e. The molecule has 19 heavy (non-hydrogen) atoms. The van der Waals surface area contributed by atoms with Gasteiger partial charge in [-0.15, -0.1) is 0 Å². The van der Waals surface area contributed by atoms with E-state index in [1.807, 2.05) is 0 Å². The predicted molar refractivity (Wildman–Crippen MR) is 80.0 cm³/mol. The molecule has 0 spiro atoms. The van der Waals surface area contributed by atoms with Crippen LogP contribution in [0.4, 0.5) is 0 Å². The molecule has 1 saturated carbocycles. The number of benzene rings is 1. The zero-order valence-corrected chi connectivity index (χ0v) is 12.2. The third-order valence-corrected chi connectivity index (χ3v) is 4.57. The van der Waals surface area contributed by atoms with Gasteiger partial charge in [-0.25, -0.2) is 0 Å². The molecule has 1 saturated heterocycles. The maximum Gasteiger partial charge on any atom is 0.0233 e. The molecule has 2 fully saturated rings. The summed E-state index contributed by atoms with van der Waals surface area (Å²) >= 11 is 0. The first-order valence-corrected chi connectivity index (χ1v) is 7.74. The highest BCUT2D eigenvalue weighted by molar-refractivity contribution is 5.14. The number of hydrogen-bond donors (Lipinski definition) is 1. The van der Waals surface area contributed by atoms with Crippen molar-refractivity contribution in [2.45, 2.75) is 45.3 Å². The van der Waals surface area contributed by atoms with Crippen molar-refractivity contribution >= 4 is 0 Å². The molecular formula is C17H26N2. The highest BCUT2D eigenvalue weighted by Gasteiger charge is 2.35. The van der Waals surface area contributed by atoms with E-state index in [0.717, 1.165) is 30.5 Å². The van der Waals surface area contributed by atoms with Crippen LogP contribution in [0.2, 0.25) is 0 Å². The van der Waals surface area contributed by atoms with Crippen molar-refractivity contribution in [2.24, 2.45) is 11.8 Å². The Hall–Kier alpha value is -0.860. The maximum atomic E-state index is 3.85. The van der Waals surface area contributed by atoms with Crippen LogP contribution >= 0.6 is 0 Å². The monoisotopic (exact) mass is 258 g/mol. The summed E-state index contributed by atoms with van der Waals surface area (Å²) in [7, 11) is 0. The Morgan fingerprint density at radius 3 is 2.26 bits per heavy atom. The molecule has 1 heterocycles. The second-order valence-electron chi connectivity index (χ2n) is 6.60. The van der Waals surface area contributed by atoms with E-state index >= 15 is 0 Å². The first-order chi connectivity index (χ1) is 9.22. The minimum absolute atomic E-state index is 0.722. The molecule has 0 radical (unpaired) electrons. The Morgan fingerprint density at radius 2 is 1.68 bits per heavy atom. The lowest BCUT2D eigenvalue weighted by Gasteiger charge is -2.42. The van der Waals surface area contributed by atoms with Gasteiger partial charge in [-0.1, -0.05) is 44.2 Å². The van der Waals surface area contributed by atoms with Crippen LogP contribution in [-0.2, 0) is 6.54 Å². The van der Waals surface area contributed by atoms with Gasteiger partial charge in [0.15, 0.2) is 0 Å². The van der Waals surface area contributed by atoms with Crippen molar-refractivity contribution in [1.29, 1.82) is 0 Å². The number of nitrogens with one attached hydrogen (secondary N) is 1. The maximum absolute atomic E-state index is 3.85. The molecule has 1 N–H and O–H groups in total. The van der Waals surface area contributed by atoms with E-state index < -0.39 is 0 Å². The Morgan fingerprint density at radius 1 is 1.05 bits per heavy atom. The average molecular weight is 258 g/mol. The lowest BCUT2D eigenvalue weighted by Crippen LogP contribution is -2.53. The van der Waals surface area contributed by atoms with Crippen LogP contribution in [0, 0.1) is 11.8 Å². The molecule has 2 atom stereocenters. The molecule has 0 unspecified atom stereocenters. The molecule has 104 valence electrons. The van der Waals surface area contributed by atoms with Gasteiger partial charge in [-0.2, -0.15) is 0 Å². The van der Waals surface area contributed by atoms with Crippen molar-refractivity contribution in [3.63, 3.8) is 0 Å². The van der Waals surface area contributed by atoms with Crippen LogP contribution < -0.4 is 5.32 Å². The lowest BCUT2D eigenvalue weighted by atomic mass is 9.85. The van der Waals surface area contributed by atoms with E-state index in [1.165, 1.54) is 31.5 Å². The van der Waals surface area contributed by atoms with E-state index in [2.05, 4.69) is 54.4 Å². The third kappa shape index (κ3) is 3.37. The summed E-state index contributed by atoms with van der Waals surface area (Å²) in [4.78, 5) is 2.62. The van der Waals surface area contributed by atoms with Crippen LogP contribution in [0.25, 0.3) is 0 Å². The summed E-state index contributed by atoms with van der Waals surface area (Å²) in [6.07, 6.45) is 2.79. The quantitative estimate of drug-likeness (QED) is 0.893. The third-order valence-electron chi connectivity index (χ3n) is 4.57. The summed E-state index contributed by atoms with van der Waals surface area (Å²) in [5.41, 5.74) is 1.44. The highest BCUT2D eigenvalue weighted by atomic mass is 15.2. The van der Waals surface area contributed by atoms with Gasteiger partial charge in [0.2, 0.25) is 0 Å². The molecule has 1 aromatic rings. The SMILES string of the molecule is C[C@H]1CN(Cc2ccccc2)C[C@H](C)C1NC1CC1. The van der Waals surface area contributed by atoms with Gasteiger partial charge in [0.1, 0.15) is 0 Å². The lowest BCUT2D eigenvalue weighted by molar-refractivity contribution is 0.0939. The minimum atomic E-state index is 0.722. The number of nitrogens with zero attached hydrogens (tertiary/aromatic N) is 1. The molecule has 0 amide bonds. The molecular weight excluding hydrogens is 232 g/mol. The fourth-order valence-corrected chi connectivity index (χ4v) is 3.50. The van der Waals surface area contributed by atoms with Gasteiger partial charge in [0.05, 0.1) is 0 Å². The van der Waals surface area contributed by atoms with Crippen LogP contribution in [0.1, 0.15) is 32.3 Å². The summed E-state index contributed by atoms with van der Waals surface area (Å²) in [6, 6.07) is 12.4. The molecule has 3 rings (SSSR count). The number of piperidine rings is 1. The van der Waals surface area contributed by atoms with Gasteiger partial charge in [-0.05, 0) is 30.2 Å². The van der Waals surface area contributed by atoms with Crippen LogP contribution in [0.3, 0.4) is 0 Å². The van der Waals surface area contributed by atoms with Crippen LogP contribution in [-0.4, -0.2) is 30.1 Å². The predicted octanol–water partition coefficient (Wildman–Crippen LogP) is 2.90. The van der Waals surface area contributed by atoms with Gasteiger partial charge >= 0.3 is 0 Å². The summed E-state index contributed by atoms with van der Waals surface area (Å²) in [5, 5.41) is 3.85. The van der Waals surface area contributed by atoms with E-state index in [4.69, 9.17) is 0 Å². The Bertz CT molecular complexity index is 387. The van der Waals surface area contributed by atoms with E-state index in [9.17, 15) is 0 Å². The summed E-state index contributed by atoms with van der Waals surface area (Å²) < 4.78 is 0. The Labute approximate surface area is 117 Å². The molecule has 1 aromatic carbocycles. The average Bonchev–Trinajstić information content (AvgIpc) is 3.19. The highest BCUT2D eigenvalue weighted by Crippen LogP contribution is 2.28. The van der Waals surface area contributed by atoms with Gasteiger partial charge in [-0.3, -0.25) is 4.90 Å². The standard InChI is InChI=1S/C17H26N2/c1-13-10-19(12-15-6-4-3-5-7-15)11-14(2)17(13)18-16-8-9-16/h3-7,13-14,16-18H,8-12H2,1-2H3/t13-,14-/m0/s1. The second-order valence-corrected chi connectivity index (χ2v) is 6.60. The van der Waals surface area contributed by atoms with Gasteiger partial charge in [0.25, 0.3) is 0 Å². The van der Waals surface area contributed by atoms with Crippen molar-refractivity contribution < 1.29 is 0 Å². The van der Waals surface area contributed by atoms with Crippen LogP contribution in [0.5, 0.6) is 0 Å². The normalized spacial score (nSPS) is 29.6. The topological polar surface area (TPSA) is 15.3 Å². The van der Waals surface area contributed by atoms with Crippen molar-refractivity contribution in [2.75, 3.05) is 13.1 Å². The largest absolute Gasteiger partial charge is 0.311 e. The van der Waals surface area contributed by atoms with Crippen molar-refractivity contribution in [3.8, 4) is 0 Å². The molecule has 2 nitrogen and oxygen atoms in total. The molecule has 0 bridgehead atoms. The summed E-state index contributed by atoms with van der Waals surface area (Å²) in [5.74, 6) is 1.51. The number of hydrogen-bond acceptors (Lipinski definition) is 2. The Kier molecular flexibility index (Phi) is 3.90. The van der Waals surface area contributed by atoms with Gasteiger partial charge in [0, 0.05) is 31.7 Å². The van der Waals surface area contributed by atoms with Crippen LogP contribution in [0.15, 0.2) is 30.3 Å². The fraction of sp³-hybridized carbons (Fsp3) is 0.647. The molecule has 2 heteroatoms. The Balaban J connectivity index is 1.58. The molecule has 1 aliphatic carbocycles. The second kappa shape index (κ2) is 5.64. The van der Waals surface area contributed by atoms with E-state index in [0.29, 0.717) is 0 Å². The number of likely N-dealkylation sites (tertiary alicyclic amines) is 1. The first kappa shape index (κ1) is 13.1. The molecule has 0 aromatic heterocycles. The van der Waals surface area contributed by atoms with Gasteiger partial charge < -0.3 is 5.32 Å².